The van der Waals surface area contributed by atoms with Gasteiger partial charge in [0.1, 0.15) is 11.3 Å². The number of ether oxygens (including phenoxy) is 2. The molecule has 1 atom stereocenters. The highest BCUT2D eigenvalue weighted by Gasteiger charge is 2.40. The third-order valence-electron chi connectivity index (χ3n) is 3.69. The Labute approximate surface area is 107 Å². The number of rotatable bonds is 3. The molecule has 1 aliphatic rings. The molecular formula is C14H19NO3. The summed E-state index contributed by atoms with van der Waals surface area (Å²) in [6.07, 6.45) is 2.33. The van der Waals surface area contributed by atoms with E-state index in [-0.39, 0.29) is 5.97 Å². The highest BCUT2D eigenvalue weighted by atomic mass is 16.5. The number of anilines is 1. The molecule has 0 radical (unpaired) electrons. The number of esters is 1. The maximum Gasteiger partial charge on any atom is 0.331 e. The van der Waals surface area contributed by atoms with E-state index in [4.69, 9.17) is 9.47 Å². The summed E-state index contributed by atoms with van der Waals surface area (Å²) in [7, 11) is 3.07. The van der Waals surface area contributed by atoms with Gasteiger partial charge in [-0.3, -0.25) is 0 Å². The third-order valence-corrected chi connectivity index (χ3v) is 3.69. The molecule has 18 heavy (non-hydrogen) atoms. The van der Waals surface area contributed by atoms with Crippen LogP contribution in [-0.4, -0.2) is 25.7 Å². The van der Waals surface area contributed by atoms with Crippen molar-refractivity contribution in [1.29, 1.82) is 0 Å². The van der Waals surface area contributed by atoms with Crippen LogP contribution in [-0.2, 0) is 16.0 Å². The zero-order valence-corrected chi connectivity index (χ0v) is 11.1. The molecule has 1 heterocycles. The van der Waals surface area contributed by atoms with Crippen LogP contribution in [0.25, 0.3) is 0 Å². The number of benzene rings is 1. The lowest BCUT2D eigenvalue weighted by Crippen LogP contribution is -2.49. The minimum Gasteiger partial charge on any atom is -0.497 e. The molecule has 4 nitrogen and oxygen atoms in total. The van der Waals surface area contributed by atoms with Crippen molar-refractivity contribution in [3.05, 3.63) is 23.8 Å². The van der Waals surface area contributed by atoms with Gasteiger partial charge < -0.3 is 14.8 Å². The smallest absolute Gasteiger partial charge is 0.331 e. The Balaban J connectivity index is 2.34. The molecule has 0 aromatic heterocycles. The minimum absolute atomic E-state index is 0.196. The lowest BCUT2D eigenvalue weighted by molar-refractivity contribution is -0.146. The molecule has 0 spiro atoms. The van der Waals surface area contributed by atoms with Crippen molar-refractivity contribution in [2.24, 2.45) is 0 Å². The van der Waals surface area contributed by atoms with E-state index in [2.05, 4.69) is 5.32 Å². The molecule has 1 unspecified atom stereocenters. The van der Waals surface area contributed by atoms with E-state index in [0.717, 1.165) is 24.3 Å². The number of fused-ring (bicyclic) bond motifs is 1. The van der Waals surface area contributed by atoms with Crippen molar-refractivity contribution in [3.8, 4) is 5.75 Å². The Kier molecular flexibility index (Phi) is 3.45. The SMILES string of the molecule is CCC1(C(=O)OC)CCc2ccc(OC)cc2N1. The molecule has 4 heteroatoms. The van der Waals surface area contributed by atoms with Crippen molar-refractivity contribution in [2.75, 3.05) is 19.5 Å². The lowest BCUT2D eigenvalue weighted by Gasteiger charge is -2.36. The van der Waals surface area contributed by atoms with E-state index in [1.165, 1.54) is 12.7 Å². The highest BCUT2D eigenvalue weighted by Crippen LogP contribution is 2.35. The average Bonchev–Trinajstić information content (AvgIpc) is 2.44. The van der Waals surface area contributed by atoms with Gasteiger partial charge in [-0.2, -0.15) is 0 Å². The zero-order valence-electron chi connectivity index (χ0n) is 11.1. The molecule has 1 N–H and O–H groups in total. The summed E-state index contributed by atoms with van der Waals surface area (Å²) in [6, 6.07) is 5.91. The second-order valence-electron chi connectivity index (χ2n) is 4.58. The van der Waals surface area contributed by atoms with Crippen LogP contribution in [0.3, 0.4) is 0 Å². The fourth-order valence-electron chi connectivity index (χ4n) is 2.44. The Hall–Kier alpha value is -1.71. The molecule has 1 aliphatic heterocycles. The number of nitrogens with one attached hydrogen (secondary N) is 1. The van der Waals surface area contributed by atoms with E-state index < -0.39 is 5.54 Å². The number of carbonyl (C=O) groups is 1. The van der Waals surface area contributed by atoms with Crippen molar-refractivity contribution < 1.29 is 14.3 Å². The standard InChI is InChI=1S/C14H19NO3/c1-4-14(13(16)18-3)8-7-10-5-6-11(17-2)9-12(10)15-14/h5-6,9,15H,4,7-8H2,1-3H3. The van der Waals surface area contributed by atoms with E-state index in [1.807, 2.05) is 25.1 Å². The molecule has 0 amide bonds. The van der Waals surface area contributed by atoms with Crippen LogP contribution in [0.1, 0.15) is 25.3 Å². The van der Waals surface area contributed by atoms with Gasteiger partial charge in [0.2, 0.25) is 0 Å². The summed E-state index contributed by atoms with van der Waals surface area (Å²) in [5.41, 5.74) is 1.57. The molecule has 1 aromatic rings. The van der Waals surface area contributed by atoms with Crippen molar-refractivity contribution >= 4 is 11.7 Å². The summed E-state index contributed by atoms with van der Waals surface area (Å²) in [5.74, 6) is 0.594. The summed E-state index contributed by atoms with van der Waals surface area (Å²) in [6.45, 7) is 2.00. The fraction of sp³-hybridized carbons (Fsp3) is 0.500. The van der Waals surface area contributed by atoms with Gasteiger partial charge >= 0.3 is 5.97 Å². The first kappa shape index (κ1) is 12.7. The van der Waals surface area contributed by atoms with Gasteiger partial charge in [0, 0.05) is 11.8 Å². The second-order valence-corrected chi connectivity index (χ2v) is 4.58. The maximum atomic E-state index is 12.0. The highest BCUT2D eigenvalue weighted by molar-refractivity contribution is 5.86. The van der Waals surface area contributed by atoms with Gasteiger partial charge in [-0.1, -0.05) is 13.0 Å². The number of carbonyl (C=O) groups excluding carboxylic acids is 1. The predicted molar refractivity (Wildman–Crippen MR) is 70.0 cm³/mol. The molecule has 98 valence electrons. The Morgan fingerprint density at radius 1 is 1.44 bits per heavy atom. The fourth-order valence-corrected chi connectivity index (χ4v) is 2.44. The summed E-state index contributed by atoms with van der Waals surface area (Å²) in [4.78, 5) is 12.0. The summed E-state index contributed by atoms with van der Waals surface area (Å²) >= 11 is 0. The van der Waals surface area contributed by atoms with Crippen LogP contribution in [0.5, 0.6) is 5.75 Å². The lowest BCUT2D eigenvalue weighted by atomic mass is 9.84. The zero-order chi connectivity index (χ0) is 13.2. The van der Waals surface area contributed by atoms with E-state index >= 15 is 0 Å². The molecule has 0 aliphatic carbocycles. The summed E-state index contributed by atoms with van der Waals surface area (Å²) < 4.78 is 10.1. The van der Waals surface area contributed by atoms with Crippen molar-refractivity contribution in [3.63, 3.8) is 0 Å². The molecule has 1 aromatic carbocycles. The van der Waals surface area contributed by atoms with Crippen LogP contribution in [0.15, 0.2) is 18.2 Å². The van der Waals surface area contributed by atoms with E-state index in [1.54, 1.807) is 7.11 Å². The van der Waals surface area contributed by atoms with E-state index in [0.29, 0.717) is 6.42 Å². The number of hydrogen-bond donors (Lipinski definition) is 1. The third kappa shape index (κ3) is 2.03. The summed E-state index contributed by atoms with van der Waals surface area (Å²) in [5, 5.41) is 3.33. The van der Waals surface area contributed by atoms with Crippen molar-refractivity contribution in [2.45, 2.75) is 31.7 Å². The van der Waals surface area contributed by atoms with Gasteiger partial charge in [-0.15, -0.1) is 0 Å². The molecular weight excluding hydrogens is 230 g/mol. The van der Waals surface area contributed by atoms with Crippen LogP contribution >= 0.6 is 0 Å². The number of methoxy groups -OCH3 is 2. The molecule has 0 fully saturated rings. The van der Waals surface area contributed by atoms with E-state index in [9.17, 15) is 4.79 Å². The van der Waals surface area contributed by atoms with Crippen LogP contribution in [0.4, 0.5) is 5.69 Å². The molecule has 2 rings (SSSR count). The monoisotopic (exact) mass is 249 g/mol. The van der Waals surface area contributed by atoms with Gasteiger partial charge in [0.25, 0.3) is 0 Å². The number of hydrogen-bond acceptors (Lipinski definition) is 4. The largest absolute Gasteiger partial charge is 0.497 e. The van der Waals surface area contributed by atoms with Gasteiger partial charge in [0.05, 0.1) is 14.2 Å². The first-order valence-corrected chi connectivity index (χ1v) is 6.18. The Morgan fingerprint density at radius 2 is 2.22 bits per heavy atom. The minimum atomic E-state index is -0.603. The first-order valence-electron chi connectivity index (χ1n) is 6.18. The predicted octanol–water partition coefficient (Wildman–Crippen LogP) is 2.38. The van der Waals surface area contributed by atoms with Gasteiger partial charge in [0.15, 0.2) is 0 Å². The molecule has 0 bridgehead atoms. The second kappa shape index (κ2) is 4.88. The van der Waals surface area contributed by atoms with Crippen LogP contribution in [0, 0.1) is 0 Å². The Morgan fingerprint density at radius 3 is 2.83 bits per heavy atom. The quantitative estimate of drug-likeness (QED) is 0.835. The number of aryl methyl sites for hydroxylation is 1. The van der Waals surface area contributed by atoms with Gasteiger partial charge in [-0.25, -0.2) is 4.79 Å². The maximum absolute atomic E-state index is 12.0. The Bertz CT molecular complexity index is 458. The topological polar surface area (TPSA) is 47.6 Å². The van der Waals surface area contributed by atoms with Crippen LogP contribution < -0.4 is 10.1 Å². The molecule has 0 saturated heterocycles. The van der Waals surface area contributed by atoms with Crippen LogP contribution in [0.2, 0.25) is 0 Å². The average molecular weight is 249 g/mol. The first-order chi connectivity index (χ1) is 8.65. The molecule has 0 saturated carbocycles. The normalized spacial score (nSPS) is 21.7. The van der Waals surface area contributed by atoms with Crippen molar-refractivity contribution in [1.82, 2.24) is 0 Å². The van der Waals surface area contributed by atoms with Gasteiger partial charge in [-0.05, 0) is 30.9 Å².